The zero-order valence-electron chi connectivity index (χ0n) is 17.3. The lowest BCUT2D eigenvalue weighted by atomic mass is 10.1. The maximum absolute atomic E-state index is 13.0. The third-order valence-corrected chi connectivity index (χ3v) is 6.11. The van der Waals surface area contributed by atoms with Crippen molar-refractivity contribution in [1.82, 2.24) is 5.32 Å². The summed E-state index contributed by atoms with van der Waals surface area (Å²) in [5.74, 6) is -2.81. The minimum absolute atomic E-state index is 0.0371. The summed E-state index contributed by atoms with van der Waals surface area (Å²) in [6.45, 7) is 1.52. The Morgan fingerprint density at radius 3 is 2.12 bits per heavy atom. The van der Waals surface area contributed by atoms with Gasteiger partial charge in [-0.1, -0.05) is 17.7 Å². The summed E-state index contributed by atoms with van der Waals surface area (Å²) in [7, 11) is -1.49. The Balaban J connectivity index is 2.43. The second-order valence-electron chi connectivity index (χ2n) is 6.48. The van der Waals surface area contributed by atoms with Gasteiger partial charge in [-0.25, -0.2) is 8.42 Å². The van der Waals surface area contributed by atoms with E-state index < -0.39 is 33.8 Å². The van der Waals surface area contributed by atoms with Crippen molar-refractivity contribution in [3.8, 4) is 11.5 Å². The smallest absolute Gasteiger partial charge is 0.262 e. The van der Waals surface area contributed by atoms with Crippen LogP contribution in [-0.4, -0.2) is 46.4 Å². The molecule has 0 unspecified atom stereocenters. The van der Waals surface area contributed by atoms with Crippen molar-refractivity contribution in [3.05, 3.63) is 46.5 Å². The summed E-state index contributed by atoms with van der Waals surface area (Å²) < 4.78 is 38.7. The Hall–Kier alpha value is -3.51. The molecule has 32 heavy (non-hydrogen) atoms. The van der Waals surface area contributed by atoms with E-state index in [2.05, 4.69) is 10.0 Å². The van der Waals surface area contributed by atoms with Gasteiger partial charge in [-0.05, 0) is 30.7 Å². The Bertz CT molecular complexity index is 1170. The third-order valence-electron chi connectivity index (χ3n) is 4.30. The number of rotatable bonds is 9. The van der Waals surface area contributed by atoms with E-state index in [0.717, 1.165) is 6.07 Å². The summed E-state index contributed by atoms with van der Waals surface area (Å²) in [4.78, 5) is 34.8. The van der Waals surface area contributed by atoms with Crippen LogP contribution in [0.15, 0.2) is 35.2 Å². The number of nitrogens with one attached hydrogen (secondary N) is 2. The second kappa shape index (κ2) is 9.75. The summed E-state index contributed by atoms with van der Waals surface area (Å²) >= 11 is 6.09. The fourth-order valence-corrected chi connectivity index (χ4v) is 4.24. The van der Waals surface area contributed by atoms with Crippen LogP contribution >= 0.6 is 11.6 Å². The highest BCUT2D eigenvalue weighted by Gasteiger charge is 2.26. The van der Waals surface area contributed by atoms with Crippen LogP contribution in [0.25, 0.3) is 0 Å². The van der Waals surface area contributed by atoms with Crippen molar-refractivity contribution in [2.45, 2.75) is 17.9 Å². The number of primary amides is 2. The molecule has 0 saturated heterocycles. The summed E-state index contributed by atoms with van der Waals surface area (Å²) in [5, 5.41) is 2.20. The monoisotopic (exact) mass is 484 g/mol. The first kappa shape index (κ1) is 24.8. The summed E-state index contributed by atoms with van der Waals surface area (Å²) in [6, 6.07) is 4.73. The van der Waals surface area contributed by atoms with E-state index in [-0.39, 0.29) is 32.7 Å². The van der Waals surface area contributed by atoms with E-state index in [1.54, 1.807) is 0 Å². The van der Waals surface area contributed by atoms with Crippen LogP contribution in [0.2, 0.25) is 5.02 Å². The van der Waals surface area contributed by atoms with E-state index in [4.69, 9.17) is 32.5 Å². The zero-order chi connectivity index (χ0) is 24.2. The van der Waals surface area contributed by atoms with Crippen LogP contribution in [0.5, 0.6) is 11.5 Å². The van der Waals surface area contributed by atoms with Gasteiger partial charge >= 0.3 is 0 Å². The number of carbonyl (C=O) groups is 3. The molecule has 0 spiro atoms. The van der Waals surface area contributed by atoms with Gasteiger partial charge in [-0.15, -0.1) is 0 Å². The molecule has 2 rings (SSSR count). The Kier molecular flexibility index (Phi) is 7.54. The van der Waals surface area contributed by atoms with Crippen molar-refractivity contribution in [2.24, 2.45) is 11.5 Å². The molecule has 0 saturated carbocycles. The lowest BCUT2D eigenvalue weighted by Gasteiger charge is -2.16. The molecule has 11 nitrogen and oxygen atoms in total. The third kappa shape index (κ3) is 5.39. The molecule has 3 amide bonds. The first-order valence-electron chi connectivity index (χ1n) is 8.85. The SMILES string of the molecule is COc1cc(OC)c(NS(=O)(=O)c2cc(C(=O)NC(C(N)=O)C(N)=O)ccc2C)cc1Cl. The van der Waals surface area contributed by atoms with Crippen LogP contribution in [0, 0.1) is 6.92 Å². The fourth-order valence-electron chi connectivity index (χ4n) is 2.67. The molecule has 0 aliphatic rings. The Morgan fingerprint density at radius 2 is 1.59 bits per heavy atom. The quantitative estimate of drug-likeness (QED) is 0.374. The molecule has 0 fully saturated rings. The molecule has 0 atom stereocenters. The fraction of sp³-hybridized carbons (Fsp3) is 0.211. The van der Waals surface area contributed by atoms with Gasteiger partial charge in [0, 0.05) is 11.6 Å². The number of aryl methyl sites for hydroxylation is 1. The number of halogens is 1. The molecular formula is C19H21ClN4O7S. The van der Waals surface area contributed by atoms with E-state index in [9.17, 15) is 22.8 Å². The van der Waals surface area contributed by atoms with E-state index in [0.29, 0.717) is 5.56 Å². The van der Waals surface area contributed by atoms with Crippen molar-refractivity contribution in [1.29, 1.82) is 0 Å². The molecule has 0 heterocycles. The number of amides is 3. The van der Waals surface area contributed by atoms with Crippen molar-refractivity contribution >= 4 is 45.0 Å². The molecule has 0 radical (unpaired) electrons. The first-order chi connectivity index (χ1) is 14.9. The number of benzene rings is 2. The first-order valence-corrected chi connectivity index (χ1v) is 10.7. The summed E-state index contributed by atoms with van der Waals surface area (Å²) in [6.07, 6.45) is 0. The van der Waals surface area contributed by atoms with Gasteiger partial charge < -0.3 is 26.3 Å². The molecular weight excluding hydrogens is 464 g/mol. The second-order valence-corrected chi connectivity index (χ2v) is 8.54. The highest BCUT2D eigenvalue weighted by atomic mass is 35.5. The topological polar surface area (TPSA) is 180 Å². The number of sulfonamides is 1. The van der Waals surface area contributed by atoms with E-state index in [1.165, 1.54) is 45.4 Å². The molecule has 2 aromatic carbocycles. The Labute approximate surface area is 189 Å². The zero-order valence-corrected chi connectivity index (χ0v) is 18.8. The molecule has 0 bridgehead atoms. The highest BCUT2D eigenvalue weighted by molar-refractivity contribution is 7.92. The standard InChI is InChI=1S/C19H21ClN4O7S/c1-9-4-5-10(19(27)23-16(17(21)25)18(22)26)6-15(9)32(28,29)24-12-7-11(20)13(30-2)8-14(12)31-3/h4-8,16,24H,1-3H3,(H2,21,25)(H2,22,26)(H,23,27). The van der Waals surface area contributed by atoms with Crippen LogP contribution in [0.3, 0.4) is 0 Å². The van der Waals surface area contributed by atoms with Gasteiger partial charge in [0.2, 0.25) is 11.8 Å². The lowest BCUT2D eigenvalue weighted by Crippen LogP contribution is -2.52. The molecule has 2 aromatic rings. The van der Waals surface area contributed by atoms with Crippen molar-refractivity contribution in [2.75, 3.05) is 18.9 Å². The normalized spacial score (nSPS) is 11.0. The molecule has 0 aliphatic heterocycles. The van der Waals surface area contributed by atoms with E-state index >= 15 is 0 Å². The number of methoxy groups -OCH3 is 2. The number of ether oxygens (including phenoxy) is 2. The number of hydrogen-bond donors (Lipinski definition) is 4. The van der Waals surface area contributed by atoms with Gasteiger partial charge in [0.15, 0.2) is 6.04 Å². The maximum Gasteiger partial charge on any atom is 0.262 e. The van der Waals surface area contributed by atoms with Gasteiger partial charge in [-0.3, -0.25) is 19.1 Å². The Morgan fingerprint density at radius 1 is 1.00 bits per heavy atom. The van der Waals surface area contributed by atoms with E-state index in [1.807, 2.05) is 0 Å². The van der Waals surface area contributed by atoms with Gasteiger partial charge in [0.1, 0.15) is 11.5 Å². The van der Waals surface area contributed by atoms with Crippen LogP contribution in [0.1, 0.15) is 15.9 Å². The molecule has 6 N–H and O–H groups in total. The maximum atomic E-state index is 13.0. The number of carbonyl (C=O) groups excluding carboxylic acids is 3. The summed E-state index contributed by atoms with van der Waals surface area (Å²) in [5.41, 5.74) is 10.3. The minimum Gasteiger partial charge on any atom is -0.495 e. The van der Waals surface area contributed by atoms with Gasteiger partial charge in [0.05, 0.1) is 29.8 Å². The van der Waals surface area contributed by atoms with Crippen LogP contribution in [0.4, 0.5) is 5.69 Å². The van der Waals surface area contributed by atoms with Crippen LogP contribution in [-0.2, 0) is 19.6 Å². The minimum atomic E-state index is -4.22. The average Bonchev–Trinajstić information content (AvgIpc) is 2.71. The largest absolute Gasteiger partial charge is 0.495 e. The lowest BCUT2D eigenvalue weighted by molar-refractivity contribution is -0.128. The predicted octanol–water partition coefficient (Wildman–Crippen LogP) is 0.535. The van der Waals surface area contributed by atoms with Crippen molar-refractivity contribution < 1.29 is 32.3 Å². The average molecular weight is 485 g/mol. The number of hydrogen-bond acceptors (Lipinski definition) is 7. The highest BCUT2D eigenvalue weighted by Crippen LogP contribution is 2.37. The number of anilines is 1. The van der Waals surface area contributed by atoms with Gasteiger partial charge in [-0.2, -0.15) is 0 Å². The number of nitrogens with two attached hydrogens (primary N) is 2. The molecule has 13 heteroatoms. The molecule has 0 aliphatic carbocycles. The van der Waals surface area contributed by atoms with Crippen LogP contribution < -0.4 is 31.0 Å². The van der Waals surface area contributed by atoms with Gasteiger partial charge in [0.25, 0.3) is 15.9 Å². The van der Waals surface area contributed by atoms with Crippen molar-refractivity contribution in [3.63, 3.8) is 0 Å². The molecule has 0 aromatic heterocycles. The molecule has 172 valence electrons. The predicted molar refractivity (Wildman–Crippen MR) is 116 cm³/mol.